The number of benzene rings is 1. The number of fused-ring (bicyclic) bond motifs is 1. The Kier molecular flexibility index (Phi) is 7.94. The van der Waals surface area contributed by atoms with E-state index in [4.69, 9.17) is 11.2 Å². The van der Waals surface area contributed by atoms with Gasteiger partial charge in [-0.15, -0.1) is 17.8 Å². The van der Waals surface area contributed by atoms with Gasteiger partial charge >= 0.3 is 6.09 Å². The second-order valence-electron chi connectivity index (χ2n) is 9.09. The number of aryl methyl sites for hydroxylation is 1. The summed E-state index contributed by atoms with van der Waals surface area (Å²) in [5, 5.41) is 6.62. The lowest BCUT2D eigenvalue weighted by Crippen LogP contribution is -2.28. The molecule has 0 bridgehead atoms. The topological polar surface area (TPSA) is 72.4 Å². The molecule has 0 saturated carbocycles. The molecule has 2 unspecified atom stereocenters. The molecular weight excluding hydrogens is 458 g/mol. The molecule has 3 aromatic rings. The summed E-state index contributed by atoms with van der Waals surface area (Å²) in [5.41, 5.74) is 4.09. The monoisotopic (exact) mass is 489 g/mol. The molecule has 2 N–H and O–H groups in total. The van der Waals surface area contributed by atoms with Crippen molar-refractivity contribution in [1.29, 1.82) is 0 Å². The van der Waals surface area contributed by atoms with Gasteiger partial charge in [0, 0.05) is 30.2 Å². The van der Waals surface area contributed by atoms with Crippen LogP contribution >= 0.6 is 11.3 Å². The second kappa shape index (κ2) is 11.3. The summed E-state index contributed by atoms with van der Waals surface area (Å²) in [6.07, 6.45) is 10.3. The number of alkyl carbamates (subject to hydrolysis) is 1. The number of ether oxygens (including phenoxy) is 1. The van der Waals surface area contributed by atoms with Gasteiger partial charge < -0.3 is 19.9 Å². The maximum Gasteiger partial charge on any atom is 0.407 e. The zero-order valence-electron chi connectivity index (χ0n) is 20.2. The molecule has 0 aliphatic heterocycles. The van der Waals surface area contributed by atoms with Crippen molar-refractivity contribution < 1.29 is 14.3 Å². The number of rotatable bonds is 8. The minimum Gasteiger partial charge on any atom is -0.449 e. The van der Waals surface area contributed by atoms with Crippen LogP contribution in [0.1, 0.15) is 52.9 Å². The zero-order chi connectivity index (χ0) is 24.8. The van der Waals surface area contributed by atoms with Crippen LogP contribution in [0.4, 0.5) is 9.80 Å². The van der Waals surface area contributed by atoms with Crippen LogP contribution < -0.4 is 10.6 Å². The quantitative estimate of drug-likeness (QED) is 0.426. The van der Waals surface area contributed by atoms with Crippen LogP contribution in [0.25, 0.3) is 0 Å². The van der Waals surface area contributed by atoms with E-state index in [1.165, 1.54) is 4.88 Å². The number of amides is 2. The highest BCUT2D eigenvalue weighted by Gasteiger charge is 2.27. The Morgan fingerprint density at radius 1 is 1.26 bits per heavy atom. The molecule has 6 nitrogen and oxygen atoms in total. The number of nitrogens with zero attached hydrogens (tertiary/aromatic N) is 1. The Bertz CT molecular complexity index is 1220. The molecule has 0 radical (unpaired) electrons. The summed E-state index contributed by atoms with van der Waals surface area (Å²) in [7, 11) is 1.94. The number of hydrogen-bond donors (Lipinski definition) is 2. The van der Waals surface area contributed by atoms with E-state index in [2.05, 4.69) is 23.5 Å². The maximum atomic E-state index is 12.7. The average Bonchev–Trinajstić information content (AvgIpc) is 3.43. The van der Waals surface area contributed by atoms with Crippen LogP contribution in [0.5, 0.6) is 0 Å². The maximum absolute atomic E-state index is 12.7. The van der Waals surface area contributed by atoms with Crippen molar-refractivity contribution in [2.75, 3.05) is 11.9 Å². The molecule has 1 aliphatic carbocycles. The van der Waals surface area contributed by atoms with Gasteiger partial charge in [-0.1, -0.05) is 43.2 Å². The Hall–Kier alpha value is -3.50. The third-order valence-electron chi connectivity index (χ3n) is 6.54. The molecule has 35 heavy (non-hydrogen) atoms. The van der Waals surface area contributed by atoms with Crippen molar-refractivity contribution in [3.8, 4) is 12.3 Å². The Morgan fingerprint density at radius 3 is 2.77 bits per heavy atom. The van der Waals surface area contributed by atoms with Gasteiger partial charge in [0.2, 0.25) is 5.91 Å². The number of thiophene rings is 1. The first-order valence-electron chi connectivity index (χ1n) is 11.9. The Labute approximate surface area is 210 Å². The fourth-order valence-electron chi connectivity index (χ4n) is 4.48. The van der Waals surface area contributed by atoms with Crippen LogP contribution in [-0.2, 0) is 36.0 Å². The van der Waals surface area contributed by atoms with Gasteiger partial charge in [-0.25, -0.2) is 4.79 Å². The van der Waals surface area contributed by atoms with Gasteiger partial charge in [-0.3, -0.25) is 4.79 Å². The second-order valence-corrected chi connectivity index (χ2v) is 10.2. The summed E-state index contributed by atoms with van der Waals surface area (Å²) in [6.45, 7) is 2.84. The molecule has 2 amide bonds. The fourth-order valence-corrected chi connectivity index (χ4v) is 5.82. The first-order chi connectivity index (χ1) is 16.9. The molecule has 0 fully saturated rings. The number of nitrogens with one attached hydrogen (secondary N) is 2. The molecule has 1 aromatic carbocycles. The van der Waals surface area contributed by atoms with Crippen LogP contribution in [0, 0.1) is 18.3 Å². The lowest BCUT2D eigenvalue weighted by molar-refractivity contribution is -0.116. The molecular formula is C28H31N3O3S. The summed E-state index contributed by atoms with van der Waals surface area (Å²) in [6, 6.07) is 13.9. The van der Waals surface area contributed by atoms with Crippen LogP contribution in [-0.4, -0.2) is 23.2 Å². The molecule has 1 aliphatic rings. The zero-order valence-corrected chi connectivity index (χ0v) is 21.0. The predicted molar refractivity (Wildman–Crippen MR) is 139 cm³/mol. The standard InChI is InChI=1S/C28H31N3O3S/c1-4-23-24-13-12-20(18-34-28(33)29-17-22-11-8-14-31(22)3)16-25(24)35-27(23)30-26(32)15-19(2)21-9-6-5-7-10-21/h1,5-11,14,19-20H,12-13,15-18H2,2-3H3,(H,29,33)(H,30,32). The Balaban J connectivity index is 1.31. The number of hydrogen-bond acceptors (Lipinski definition) is 4. The number of carbonyl (C=O) groups excluding carboxylic acids is 2. The van der Waals surface area contributed by atoms with E-state index < -0.39 is 6.09 Å². The first kappa shape index (κ1) is 24.6. The van der Waals surface area contributed by atoms with Crippen molar-refractivity contribution in [2.45, 2.75) is 45.1 Å². The number of terminal acetylenes is 1. The molecule has 2 atom stereocenters. The molecule has 0 spiro atoms. The largest absolute Gasteiger partial charge is 0.449 e. The highest BCUT2D eigenvalue weighted by molar-refractivity contribution is 7.16. The number of aromatic nitrogens is 1. The SMILES string of the molecule is C#Cc1c(NC(=O)CC(C)c2ccccc2)sc2c1CCC(COC(=O)NCc1cccn1C)C2. The highest BCUT2D eigenvalue weighted by Crippen LogP contribution is 2.39. The van der Waals surface area contributed by atoms with Gasteiger partial charge in [0.05, 0.1) is 18.7 Å². The van der Waals surface area contributed by atoms with Gasteiger partial charge in [0.1, 0.15) is 5.00 Å². The van der Waals surface area contributed by atoms with E-state index in [0.717, 1.165) is 46.6 Å². The van der Waals surface area contributed by atoms with Crippen molar-refractivity contribution in [3.63, 3.8) is 0 Å². The van der Waals surface area contributed by atoms with Gasteiger partial charge in [-0.2, -0.15) is 0 Å². The van der Waals surface area contributed by atoms with Crippen molar-refractivity contribution in [1.82, 2.24) is 9.88 Å². The molecule has 2 aromatic heterocycles. The lowest BCUT2D eigenvalue weighted by atomic mass is 9.87. The molecule has 7 heteroatoms. The first-order valence-corrected chi connectivity index (χ1v) is 12.7. The lowest BCUT2D eigenvalue weighted by Gasteiger charge is -2.22. The molecule has 182 valence electrons. The summed E-state index contributed by atoms with van der Waals surface area (Å²) in [4.78, 5) is 26.1. The van der Waals surface area contributed by atoms with Crippen LogP contribution in [0.3, 0.4) is 0 Å². The smallest absolute Gasteiger partial charge is 0.407 e. The van der Waals surface area contributed by atoms with Gasteiger partial charge in [0.15, 0.2) is 0 Å². The minimum atomic E-state index is -0.409. The van der Waals surface area contributed by atoms with E-state index in [1.807, 2.05) is 60.3 Å². The van der Waals surface area contributed by atoms with E-state index >= 15 is 0 Å². The molecule has 0 saturated heterocycles. The highest BCUT2D eigenvalue weighted by atomic mass is 32.1. The third kappa shape index (κ3) is 6.14. The predicted octanol–water partition coefficient (Wildman–Crippen LogP) is 5.23. The van der Waals surface area contributed by atoms with E-state index in [-0.39, 0.29) is 17.7 Å². The summed E-state index contributed by atoms with van der Waals surface area (Å²) >= 11 is 1.55. The number of anilines is 1. The summed E-state index contributed by atoms with van der Waals surface area (Å²) < 4.78 is 7.44. The fraction of sp³-hybridized carbons (Fsp3) is 0.357. The molecule has 4 rings (SSSR count). The van der Waals surface area contributed by atoms with Gasteiger partial charge in [0.25, 0.3) is 0 Å². The normalized spacial score (nSPS) is 15.5. The van der Waals surface area contributed by atoms with Gasteiger partial charge in [-0.05, 0) is 54.4 Å². The Morgan fingerprint density at radius 2 is 2.06 bits per heavy atom. The number of carbonyl (C=O) groups is 2. The summed E-state index contributed by atoms with van der Waals surface area (Å²) in [5.74, 6) is 3.11. The van der Waals surface area contributed by atoms with E-state index in [0.29, 0.717) is 19.6 Å². The van der Waals surface area contributed by atoms with Crippen LogP contribution in [0.2, 0.25) is 0 Å². The van der Waals surface area contributed by atoms with Crippen molar-refractivity contribution in [3.05, 3.63) is 75.9 Å². The molecule has 2 heterocycles. The van der Waals surface area contributed by atoms with E-state index in [9.17, 15) is 9.59 Å². The van der Waals surface area contributed by atoms with Crippen molar-refractivity contribution in [2.24, 2.45) is 13.0 Å². The third-order valence-corrected chi connectivity index (χ3v) is 7.71. The van der Waals surface area contributed by atoms with Crippen molar-refractivity contribution >= 4 is 28.3 Å². The van der Waals surface area contributed by atoms with Crippen LogP contribution in [0.15, 0.2) is 48.7 Å². The minimum absolute atomic E-state index is 0.0359. The average molecular weight is 490 g/mol. The van der Waals surface area contributed by atoms with E-state index in [1.54, 1.807) is 11.3 Å².